The lowest BCUT2D eigenvalue weighted by molar-refractivity contribution is 0.196. The molecular formula is C12H27B. The van der Waals surface area contributed by atoms with Crippen LogP contribution in [0.25, 0.3) is 0 Å². The van der Waals surface area contributed by atoms with Crippen LogP contribution >= 0.6 is 0 Å². The molecule has 0 atom stereocenters. The highest BCUT2D eigenvalue weighted by Gasteiger charge is 2.36. The summed E-state index contributed by atoms with van der Waals surface area (Å²) < 4.78 is 0. The average molecular weight is 182 g/mol. The summed E-state index contributed by atoms with van der Waals surface area (Å²) in [7, 11) is 2.45. The van der Waals surface area contributed by atoms with Crippen LogP contribution in [0.3, 0.4) is 0 Å². The first-order valence-corrected chi connectivity index (χ1v) is 5.93. The summed E-state index contributed by atoms with van der Waals surface area (Å²) >= 11 is 0. The Balaban J connectivity index is 4.37. The zero-order chi connectivity index (χ0) is 10.5. The first-order valence-electron chi connectivity index (χ1n) is 5.93. The molecule has 0 saturated carbocycles. The van der Waals surface area contributed by atoms with Gasteiger partial charge in [0, 0.05) is 0 Å². The summed E-state index contributed by atoms with van der Waals surface area (Å²) in [5, 5.41) is 0.530. The van der Waals surface area contributed by atoms with Crippen LogP contribution in [-0.4, -0.2) is 7.85 Å². The van der Waals surface area contributed by atoms with Crippen LogP contribution in [0.15, 0.2) is 0 Å². The van der Waals surface area contributed by atoms with Crippen LogP contribution in [-0.2, 0) is 0 Å². The van der Waals surface area contributed by atoms with Gasteiger partial charge in [-0.15, -0.1) is 0 Å². The molecule has 78 valence electrons. The van der Waals surface area contributed by atoms with Crippen LogP contribution in [0.2, 0.25) is 5.31 Å². The standard InChI is InChI=1S/C12H27B/c1-6-9-10-11(4,5)12(13,7-2)8-3/h6-10,13H2,1-5H3. The predicted octanol–water partition coefficient (Wildman–Crippen LogP) is 3.81. The molecule has 0 aromatic heterocycles. The van der Waals surface area contributed by atoms with E-state index in [0.29, 0.717) is 10.7 Å². The lowest BCUT2D eigenvalue weighted by Crippen LogP contribution is -2.31. The van der Waals surface area contributed by atoms with Crippen LogP contribution in [0.1, 0.15) is 66.7 Å². The zero-order valence-corrected chi connectivity index (χ0v) is 10.5. The fourth-order valence-corrected chi connectivity index (χ4v) is 2.13. The summed E-state index contributed by atoms with van der Waals surface area (Å²) in [5.74, 6) is 0. The minimum absolute atomic E-state index is 0.506. The minimum Gasteiger partial charge on any atom is -0.0655 e. The molecule has 0 radical (unpaired) electrons. The Morgan fingerprint density at radius 1 is 1.00 bits per heavy atom. The van der Waals surface area contributed by atoms with E-state index in [1.54, 1.807) is 0 Å². The highest BCUT2D eigenvalue weighted by Crippen LogP contribution is 2.51. The third-order valence-corrected chi connectivity index (χ3v) is 4.35. The summed E-state index contributed by atoms with van der Waals surface area (Å²) in [6.45, 7) is 11.8. The Labute approximate surface area is 85.9 Å². The fraction of sp³-hybridized carbons (Fsp3) is 1.00. The molecule has 0 saturated heterocycles. The smallest absolute Gasteiger partial charge is 0.0655 e. The van der Waals surface area contributed by atoms with Crippen molar-refractivity contribution in [2.75, 3.05) is 0 Å². The second kappa shape index (κ2) is 5.07. The van der Waals surface area contributed by atoms with E-state index in [-0.39, 0.29) is 0 Å². The van der Waals surface area contributed by atoms with Gasteiger partial charge in [-0.1, -0.05) is 65.6 Å². The third-order valence-electron chi connectivity index (χ3n) is 4.35. The van der Waals surface area contributed by atoms with E-state index < -0.39 is 0 Å². The lowest BCUT2D eigenvalue weighted by Gasteiger charge is -2.44. The second-order valence-electron chi connectivity index (χ2n) is 5.26. The highest BCUT2D eigenvalue weighted by atomic mass is 14.4. The van der Waals surface area contributed by atoms with Crippen molar-refractivity contribution in [1.29, 1.82) is 0 Å². The zero-order valence-electron chi connectivity index (χ0n) is 10.5. The largest absolute Gasteiger partial charge is 0.110 e. The van der Waals surface area contributed by atoms with E-state index in [4.69, 9.17) is 0 Å². The Bertz CT molecular complexity index is 134. The van der Waals surface area contributed by atoms with E-state index in [1.165, 1.54) is 32.1 Å². The minimum atomic E-state index is 0.506. The molecule has 0 nitrogen and oxygen atoms in total. The van der Waals surface area contributed by atoms with E-state index in [2.05, 4.69) is 42.5 Å². The van der Waals surface area contributed by atoms with Crippen molar-refractivity contribution in [3.05, 3.63) is 0 Å². The lowest BCUT2D eigenvalue weighted by atomic mass is 9.50. The maximum absolute atomic E-state index is 2.45. The molecule has 13 heavy (non-hydrogen) atoms. The summed E-state index contributed by atoms with van der Waals surface area (Å²) in [6.07, 6.45) is 6.69. The Hall–Kier alpha value is 0.0649. The predicted molar refractivity (Wildman–Crippen MR) is 65.1 cm³/mol. The molecular weight excluding hydrogens is 155 g/mol. The van der Waals surface area contributed by atoms with E-state index in [9.17, 15) is 0 Å². The Morgan fingerprint density at radius 2 is 1.46 bits per heavy atom. The van der Waals surface area contributed by atoms with Gasteiger partial charge in [-0.3, -0.25) is 0 Å². The first-order chi connectivity index (χ1) is 5.93. The topological polar surface area (TPSA) is 0 Å². The van der Waals surface area contributed by atoms with Gasteiger partial charge in [0.05, 0.1) is 0 Å². The molecule has 0 aliphatic carbocycles. The number of unbranched alkanes of at least 4 members (excludes halogenated alkanes) is 1. The van der Waals surface area contributed by atoms with Crippen LogP contribution in [0.5, 0.6) is 0 Å². The van der Waals surface area contributed by atoms with Gasteiger partial charge in [0.1, 0.15) is 7.85 Å². The highest BCUT2D eigenvalue weighted by molar-refractivity contribution is 6.15. The van der Waals surface area contributed by atoms with Crippen molar-refractivity contribution in [3.8, 4) is 0 Å². The van der Waals surface area contributed by atoms with E-state index in [1.807, 2.05) is 0 Å². The molecule has 0 amide bonds. The Morgan fingerprint density at radius 3 is 1.77 bits per heavy atom. The van der Waals surface area contributed by atoms with Gasteiger partial charge >= 0.3 is 0 Å². The molecule has 1 heteroatoms. The fourth-order valence-electron chi connectivity index (χ4n) is 2.13. The van der Waals surface area contributed by atoms with Crippen molar-refractivity contribution in [2.45, 2.75) is 72.0 Å². The van der Waals surface area contributed by atoms with Gasteiger partial charge in [0.15, 0.2) is 0 Å². The van der Waals surface area contributed by atoms with Crippen LogP contribution in [0, 0.1) is 5.41 Å². The molecule has 0 aromatic carbocycles. The van der Waals surface area contributed by atoms with Crippen molar-refractivity contribution in [3.63, 3.8) is 0 Å². The molecule has 0 unspecified atom stereocenters. The van der Waals surface area contributed by atoms with Crippen molar-refractivity contribution in [1.82, 2.24) is 0 Å². The number of rotatable bonds is 6. The summed E-state index contributed by atoms with van der Waals surface area (Å²) in [6, 6.07) is 0. The van der Waals surface area contributed by atoms with Gasteiger partial charge in [-0.25, -0.2) is 0 Å². The molecule has 0 aliphatic heterocycles. The maximum Gasteiger partial charge on any atom is 0.110 e. The number of hydrogen-bond donors (Lipinski definition) is 0. The SMILES string of the molecule is BC(CC)(CC)C(C)(C)CCCC. The van der Waals surface area contributed by atoms with Gasteiger partial charge in [0.2, 0.25) is 0 Å². The van der Waals surface area contributed by atoms with Gasteiger partial charge in [-0.2, -0.15) is 0 Å². The average Bonchev–Trinajstić information content (AvgIpc) is 2.13. The molecule has 0 rings (SSSR count). The van der Waals surface area contributed by atoms with E-state index in [0.717, 1.165) is 0 Å². The second-order valence-corrected chi connectivity index (χ2v) is 5.26. The van der Waals surface area contributed by atoms with Crippen LogP contribution in [0.4, 0.5) is 0 Å². The molecule has 0 aliphatic rings. The molecule has 0 spiro atoms. The van der Waals surface area contributed by atoms with Gasteiger partial charge in [-0.05, 0) is 11.8 Å². The van der Waals surface area contributed by atoms with Crippen molar-refractivity contribution < 1.29 is 0 Å². The van der Waals surface area contributed by atoms with Crippen molar-refractivity contribution >= 4 is 7.85 Å². The molecule has 0 N–H and O–H groups in total. The quantitative estimate of drug-likeness (QED) is 0.548. The molecule has 0 aromatic rings. The molecule has 0 bridgehead atoms. The Kier molecular flexibility index (Phi) is 5.10. The van der Waals surface area contributed by atoms with Gasteiger partial charge < -0.3 is 0 Å². The van der Waals surface area contributed by atoms with E-state index >= 15 is 0 Å². The number of hydrogen-bond acceptors (Lipinski definition) is 0. The van der Waals surface area contributed by atoms with Gasteiger partial charge in [0.25, 0.3) is 0 Å². The molecule has 0 fully saturated rings. The monoisotopic (exact) mass is 182 g/mol. The maximum atomic E-state index is 2.45. The van der Waals surface area contributed by atoms with Crippen LogP contribution < -0.4 is 0 Å². The van der Waals surface area contributed by atoms with Crippen molar-refractivity contribution in [2.24, 2.45) is 5.41 Å². The molecule has 0 heterocycles. The summed E-state index contributed by atoms with van der Waals surface area (Å²) in [4.78, 5) is 0. The first kappa shape index (κ1) is 13.1. The normalized spacial score (nSPS) is 13.3. The third kappa shape index (κ3) is 3.04. The summed E-state index contributed by atoms with van der Waals surface area (Å²) in [5.41, 5.74) is 0.506.